The molecule has 4 aromatic carbocycles. The second-order valence-corrected chi connectivity index (χ2v) is 8.84. The highest BCUT2D eigenvalue weighted by Crippen LogP contribution is 2.37. The molecule has 0 aliphatic rings. The molecular weight excluding hydrogens is 481 g/mol. The molecule has 1 unspecified atom stereocenters. The summed E-state index contributed by atoms with van der Waals surface area (Å²) in [6, 6.07) is 27.4. The van der Waals surface area contributed by atoms with E-state index in [1.165, 1.54) is 48.2 Å². The van der Waals surface area contributed by atoms with E-state index in [9.17, 15) is 24.1 Å². The zero-order valence-electron chi connectivity index (χ0n) is 18.8. The SMILES string of the molecule is O=C(Nc1ccc(SC(C(=O)Nc2ccccc2F)c2ccccc2)cc1)c1cccc([N+](=O)[O-])c1. The maximum Gasteiger partial charge on any atom is 0.270 e. The number of rotatable bonds is 8. The second-order valence-electron chi connectivity index (χ2n) is 7.66. The Bertz CT molecular complexity index is 1400. The van der Waals surface area contributed by atoms with E-state index in [0.717, 1.165) is 10.5 Å². The number of nitrogens with one attached hydrogen (secondary N) is 2. The highest BCUT2D eigenvalue weighted by atomic mass is 32.2. The number of amides is 2. The predicted octanol–water partition coefficient (Wildman–Crippen LogP) is 6.46. The summed E-state index contributed by atoms with van der Waals surface area (Å²) >= 11 is 1.28. The van der Waals surface area contributed by atoms with Gasteiger partial charge in [0.05, 0.1) is 10.6 Å². The molecule has 0 saturated heterocycles. The molecule has 180 valence electrons. The van der Waals surface area contributed by atoms with Gasteiger partial charge < -0.3 is 10.6 Å². The third-order valence-electron chi connectivity index (χ3n) is 5.16. The van der Waals surface area contributed by atoms with E-state index in [0.29, 0.717) is 5.69 Å². The zero-order valence-corrected chi connectivity index (χ0v) is 19.6. The minimum Gasteiger partial charge on any atom is -0.322 e. The topological polar surface area (TPSA) is 101 Å². The van der Waals surface area contributed by atoms with Gasteiger partial charge in [0.15, 0.2) is 0 Å². The van der Waals surface area contributed by atoms with Crippen LogP contribution in [0.3, 0.4) is 0 Å². The van der Waals surface area contributed by atoms with Gasteiger partial charge in [0.2, 0.25) is 5.91 Å². The zero-order chi connectivity index (χ0) is 25.5. The van der Waals surface area contributed by atoms with E-state index in [4.69, 9.17) is 0 Å². The second kappa shape index (κ2) is 11.3. The summed E-state index contributed by atoms with van der Waals surface area (Å²) in [5.74, 6) is -1.38. The number of anilines is 2. The van der Waals surface area contributed by atoms with Gasteiger partial charge in [-0.25, -0.2) is 4.39 Å². The number of para-hydroxylation sites is 1. The van der Waals surface area contributed by atoms with Crippen molar-refractivity contribution in [2.45, 2.75) is 10.1 Å². The largest absolute Gasteiger partial charge is 0.322 e. The summed E-state index contributed by atoms with van der Waals surface area (Å²) in [6.07, 6.45) is 0. The third-order valence-corrected chi connectivity index (χ3v) is 6.42. The number of carbonyl (C=O) groups is 2. The Kier molecular flexibility index (Phi) is 7.72. The van der Waals surface area contributed by atoms with Crippen molar-refractivity contribution < 1.29 is 18.9 Å². The van der Waals surface area contributed by atoms with E-state index < -0.39 is 21.9 Å². The third kappa shape index (κ3) is 6.13. The van der Waals surface area contributed by atoms with Gasteiger partial charge in [-0.3, -0.25) is 19.7 Å². The van der Waals surface area contributed by atoms with Gasteiger partial charge in [-0.1, -0.05) is 48.5 Å². The molecule has 2 N–H and O–H groups in total. The average Bonchev–Trinajstić information content (AvgIpc) is 2.90. The van der Waals surface area contributed by atoms with Crippen molar-refractivity contribution in [2.75, 3.05) is 10.6 Å². The lowest BCUT2D eigenvalue weighted by atomic mass is 10.1. The summed E-state index contributed by atoms with van der Waals surface area (Å²) < 4.78 is 14.1. The molecule has 0 aliphatic heterocycles. The van der Waals surface area contributed by atoms with Gasteiger partial charge in [0.25, 0.3) is 11.6 Å². The summed E-state index contributed by atoms with van der Waals surface area (Å²) in [5, 5.41) is 15.7. The standard InChI is InChI=1S/C27H20FN3O4S/c28-23-11-4-5-12-24(23)30-27(33)25(18-7-2-1-3-8-18)36-22-15-13-20(14-16-22)29-26(32)19-9-6-10-21(17-19)31(34)35/h1-17,25H,(H,29,32)(H,30,33). The molecule has 0 fully saturated rings. The normalized spacial score (nSPS) is 11.4. The molecule has 0 heterocycles. The van der Waals surface area contributed by atoms with Crippen LogP contribution in [0.5, 0.6) is 0 Å². The molecule has 0 spiro atoms. The number of thioether (sulfide) groups is 1. The number of carbonyl (C=O) groups excluding carboxylic acids is 2. The predicted molar refractivity (Wildman–Crippen MR) is 138 cm³/mol. The van der Waals surface area contributed by atoms with E-state index in [1.807, 2.05) is 30.3 Å². The smallest absolute Gasteiger partial charge is 0.270 e. The number of benzene rings is 4. The minimum atomic E-state index is -0.656. The molecule has 1 atom stereocenters. The first-order valence-electron chi connectivity index (χ1n) is 10.8. The fourth-order valence-electron chi connectivity index (χ4n) is 3.38. The van der Waals surface area contributed by atoms with Gasteiger partial charge in [0.1, 0.15) is 11.1 Å². The van der Waals surface area contributed by atoms with Gasteiger partial charge in [0, 0.05) is 28.3 Å². The van der Waals surface area contributed by atoms with E-state index >= 15 is 0 Å². The first kappa shape index (κ1) is 24.6. The number of non-ortho nitro benzene ring substituents is 1. The van der Waals surface area contributed by atoms with Crippen LogP contribution >= 0.6 is 11.8 Å². The summed E-state index contributed by atoms with van der Waals surface area (Å²) in [4.78, 5) is 36.8. The first-order valence-corrected chi connectivity index (χ1v) is 11.7. The molecular formula is C27H20FN3O4S. The Balaban J connectivity index is 1.49. The van der Waals surface area contributed by atoms with Crippen molar-refractivity contribution in [1.29, 1.82) is 0 Å². The van der Waals surface area contributed by atoms with Crippen molar-refractivity contribution in [1.82, 2.24) is 0 Å². The van der Waals surface area contributed by atoms with Gasteiger partial charge >= 0.3 is 0 Å². The van der Waals surface area contributed by atoms with Crippen molar-refractivity contribution in [3.8, 4) is 0 Å². The molecule has 2 amide bonds. The minimum absolute atomic E-state index is 0.100. The first-order chi connectivity index (χ1) is 17.4. The lowest BCUT2D eigenvalue weighted by Crippen LogP contribution is -2.19. The number of nitro groups is 1. The van der Waals surface area contributed by atoms with Crippen molar-refractivity contribution in [3.63, 3.8) is 0 Å². The quantitative estimate of drug-likeness (QED) is 0.164. The molecule has 0 aromatic heterocycles. The molecule has 7 nitrogen and oxygen atoms in total. The molecule has 4 rings (SSSR count). The van der Waals surface area contributed by atoms with Crippen molar-refractivity contribution >= 4 is 40.6 Å². The van der Waals surface area contributed by atoms with Gasteiger partial charge in [-0.05, 0) is 48.0 Å². The van der Waals surface area contributed by atoms with E-state index in [1.54, 1.807) is 36.4 Å². The number of nitrogens with zero attached hydrogens (tertiary/aromatic N) is 1. The van der Waals surface area contributed by atoms with Crippen LogP contribution in [-0.4, -0.2) is 16.7 Å². The van der Waals surface area contributed by atoms with Crippen LogP contribution in [0.2, 0.25) is 0 Å². The Morgan fingerprint density at radius 2 is 1.53 bits per heavy atom. The molecule has 0 radical (unpaired) electrons. The Labute approximate surface area is 210 Å². The Hall–Kier alpha value is -4.50. The summed E-state index contributed by atoms with van der Waals surface area (Å²) in [6.45, 7) is 0. The molecule has 9 heteroatoms. The Morgan fingerprint density at radius 1 is 0.833 bits per heavy atom. The van der Waals surface area contributed by atoms with Crippen molar-refractivity contribution in [3.05, 3.63) is 130 Å². The van der Waals surface area contributed by atoms with Crippen LogP contribution in [0.25, 0.3) is 0 Å². The maximum absolute atomic E-state index is 14.1. The molecule has 0 bridgehead atoms. The summed E-state index contributed by atoms with van der Waals surface area (Å²) in [5.41, 5.74) is 1.33. The fourth-order valence-corrected chi connectivity index (χ4v) is 4.40. The van der Waals surface area contributed by atoms with Crippen molar-refractivity contribution in [2.24, 2.45) is 0 Å². The van der Waals surface area contributed by atoms with Crippen LogP contribution in [0.1, 0.15) is 21.2 Å². The van der Waals surface area contributed by atoms with Crippen LogP contribution in [0, 0.1) is 15.9 Å². The lowest BCUT2D eigenvalue weighted by Gasteiger charge is -2.17. The van der Waals surface area contributed by atoms with E-state index in [2.05, 4.69) is 10.6 Å². The number of nitro benzene ring substituents is 1. The van der Waals surface area contributed by atoms with E-state index in [-0.39, 0.29) is 22.8 Å². The number of hydrogen-bond donors (Lipinski definition) is 2. The molecule has 0 saturated carbocycles. The average molecular weight is 502 g/mol. The van der Waals surface area contributed by atoms with Gasteiger partial charge in [-0.15, -0.1) is 11.8 Å². The monoisotopic (exact) mass is 501 g/mol. The Morgan fingerprint density at radius 3 is 2.22 bits per heavy atom. The van der Waals surface area contributed by atoms with Crippen LogP contribution in [0.4, 0.5) is 21.5 Å². The van der Waals surface area contributed by atoms with Crippen LogP contribution in [-0.2, 0) is 4.79 Å². The lowest BCUT2D eigenvalue weighted by molar-refractivity contribution is -0.384. The highest BCUT2D eigenvalue weighted by molar-refractivity contribution is 8.00. The highest BCUT2D eigenvalue weighted by Gasteiger charge is 2.23. The molecule has 4 aromatic rings. The molecule has 0 aliphatic carbocycles. The number of halogens is 1. The molecule has 36 heavy (non-hydrogen) atoms. The fraction of sp³-hybridized carbons (Fsp3) is 0.0370. The van der Waals surface area contributed by atoms with Crippen LogP contribution < -0.4 is 10.6 Å². The van der Waals surface area contributed by atoms with Gasteiger partial charge in [-0.2, -0.15) is 0 Å². The summed E-state index contributed by atoms with van der Waals surface area (Å²) in [7, 11) is 0. The maximum atomic E-state index is 14.1. The number of hydrogen-bond acceptors (Lipinski definition) is 5. The van der Waals surface area contributed by atoms with Crippen LogP contribution in [0.15, 0.2) is 108 Å².